The Morgan fingerprint density at radius 3 is 2.64 bits per heavy atom. The van der Waals surface area contributed by atoms with Crippen molar-refractivity contribution in [3.05, 3.63) is 78.3 Å². The van der Waals surface area contributed by atoms with Gasteiger partial charge in [0.25, 0.3) is 0 Å². The molecule has 0 spiro atoms. The van der Waals surface area contributed by atoms with Gasteiger partial charge in [0.15, 0.2) is 0 Å². The van der Waals surface area contributed by atoms with Crippen LogP contribution in [0.2, 0.25) is 0 Å². The van der Waals surface area contributed by atoms with E-state index in [1.54, 1.807) is 0 Å². The van der Waals surface area contributed by atoms with Crippen LogP contribution in [0.5, 0.6) is 0 Å². The van der Waals surface area contributed by atoms with E-state index in [1.807, 2.05) is 66.7 Å². The number of furan rings is 1. The second-order valence-electron chi connectivity index (χ2n) is 6.79. The first kappa shape index (κ1) is 18.0. The standard InChI is InChI=1S/C23H23N3O2/c27-23(15-13-18-12-14-21(28-18)17-7-2-1-3-8-17)24-16-6-11-22-25-19-9-4-5-10-20(19)26-22/h1-5,7-10,12,14H,6,11,13,15-16H2,(H,24,27)(H,25,26). The fourth-order valence-corrected chi connectivity index (χ4v) is 3.20. The third-order valence-electron chi connectivity index (χ3n) is 4.67. The quantitative estimate of drug-likeness (QED) is 0.447. The average Bonchev–Trinajstić information content (AvgIpc) is 3.37. The first-order chi connectivity index (χ1) is 13.8. The number of carbonyl (C=O) groups is 1. The highest BCUT2D eigenvalue weighted by Crippen LogP contribution is 2.22. The number of benzene rings is 2. The number of nitrogens with one attached hydrogen (secondary N) is 2. The topological polar surface area (TPSA) is 70.9 Å². The Bertz CT molecular complexity index is 1020. The van der Waals surface area contributed by atoms with Crippen molar-refractivity contribution in [2.45, 2.75) is 25.7 Å². The van der Waals surface area contributed by atoms with Gasteiger partial charge in [0.05, 0.1) is 11.0 Å². The number of aromatic amines is 1. The van der Waals surface area contributed by atoms with Gasteiger partial charge in [-0.15, -0.1) is 0 Å². The monoisotopic (exact) mass is 373 g/mol. The number of aromatic nitrogens is 2. The molecule has 2 aromatic carbocycles. The molecule has 142 valence electrons. The lowest BCUT2D eigenvalue weighted by Gasteiger charge is -2.03. The second kappa shape index (κ2) is 8.57. The number of nitrogens with zero attached hydrogens (tertiary/aromatic N) is 1. The lowest BCUT2D eigenvalue weighted by atomic mass is 10.2. The van der Waals surface area contributed by atoms with Crippen LogP contribution in [0.25, 0.3) is 22.4 Å². The number of hydrogen-bond donors (Lipinski definition) is 2. The van der Waals surface area contributed by atoms with Gasteiger partial charge in [0, 0.05) is 31.4 Å². The van der Waals surface area contributed by atoms with Crippen LogP contribution in [-0.4, -0.2) is 22.4 Å². The molecule has 5 heteroatoms. The van der Waals surface area contributed by atoms with Gasteiger partial charge < -0.3 is 14.7 Å². The van der Waals surface area contributed by atoms with E-state index in [2.05, 4.69) is 15.3 Å². The summed E-state index contributed by atoms with van der Waals surface area (Å²) in [4.78, 5) is 19.9. The molecule has 2 heterocycles. The number of amides is 1. The Hall–Kier alpha value is -3.34. The van der Waals surface area contributed by atoms with E-state index in [4.69, 9.17) is 4.42 Å². The summed E-state index contributed by atoms with van der Waals surface area (Å²) in [5.74, 6) is 2.67. The lowest BCUT2D eigenvalue weighted by Crippen LogP contribution is -2.25. The molecule has 0 aliphatic heterocycles. The van der Waals surface area contributed by atoms with E-state index in [0.29, 0.717) is 19.4 Å². The Morgan fingerprint density at radius 2 is 1.79 bits per heavy atom. The van der Waals surface area contributed by atoms with Crippen molar-refractivity contribution in [2.24, 2.45) is 0 Å². The number of aryl methyl sites for hydroxylation is 2. The first-order valence-corrected chi connectivity index (χ1v) is 9.62. The summed E-state index contributed by atoms with van der Waals surface area (Å²) in [6.45, 7) is 0.642. The maximum atomic E-state index is 12.1. The lowest BCUT2D eigenvalue weighted by molar-refractivity contribution is -0.121. The SMILES string of the molecule is O=C(CCc1ccc(-c2ccccc2)o1)NCCCc1nc2ccccc2[nH]1. The summed E-state index contributed by atoms with van der Waals surface area (Å²) in [6, 6.07) is 21.8. The van der Waals surface area contributed by atoms with E-state index < -0.39 is 0 Å². The maximum Gasteiger partial charge on any atom is 0.220 e. The molecule has 5 nitrogen and oxygen atoms in total. The van der Waals surface area contributed by atoms with Crippen LogP contribution in [0.3, 0.4) is 0 Å². The molecule has 4 rings (SSSR count). The molecule has 2 aromatic heterocycles. The number of carbonyl (C=O) groups excluding carboxylic acids is 1. The molecule has 0 saturated heterocycles. The van der Waals surface area contributed by atoms with Gasteiger partial charge in [-0.25, -0.2) is 4.98 Å². The van der Waals surface area contributed by atoms with Crippen LogP contribution >= 0.6 is 0 Å². The first-order valence-electron chi connectivity index (χ1n) is 9.62. The highest BCUT2D eigenvalue weighted by Gasteiger charge is 2.08. The molecule has 28 heavy (non-hydrogen) atoms. The summed E-state index contributed by atoms with van der Waals surface area (Å²) in [6.07, 6.45) is 2.69. The van der Waals surface area contributed by atoms with E-state index in [1.165, 1.54) is 0 Å². The number of para-hydroxylation sites is 2. The third kappa shape index (κ3) is 4.49. The normalized spacial score (nSPS) is 11.0. The second-order valence-corrected chi connectivity index (χ2v) is 6.79. The predicted molar refractivity (Wildman–Crippen MR) is 110 cm³/mol. The summed E-state index contributed by atoms with van der Waals surface area (Å²) in [5, 5.41) is 2.97. The van der Waals surface area contributed by atoms with Gasteiger partial charge in [0.1, 0.15) is 17.3 Å². The molecule has 0 atom stereocenters. The molecule has 0 radical (unpaired) electrons. The summed E-state index contributed by atoms with van der Waals surface area (Å²) in [7, 11) is 0. The summed E-state index contributed by atoms with van der Waals surface area (Å²) >= 11 is 0. The smallest absolute Gasteiger partial charge is 0.220 e. The van der Waals surface area contributed by atoms with Crippen LogP contribution in [0.4, 0.5) is 0 Å². The molecule has 4 aromatic rings. The van der Waals surface area contributed by atoms with Crippen molar-refractivity contribution in [1.82, 2.24) is 15.3 Å². The Morgan fingerprint density at radius 1 is 0.964 bits per heavy atom. The summed E-state index contributed by atoms with van der Waals surface area (Å²) < 4.78 is 5.84. The molecule has 0 aliphatic carbocycles. The molecule has 1 amide bonds. The molecular weight excluding hydrogens is 350 g/mol. The van der Waals surface area contributed by atoms with E-state index in [-0.39, 0.29) is 5.91 Å². The molecule has 0 fully saturated rings. The minimum Gasteiger partial charge on any atom is -0.461 e. The van der Waals surface area contributed by atoms with Gasteiger partial charge in [-0.1, -0.05) is 42.5 Å². The van der Waals surface area contributed by atoms with Crippen molar-refractivity contribution in [3.63, 3.8) is 0 Å². The number of fused-ring (bicyclic) bond motifs is 1. The average molecular weight is 373 g/mol. The largest absolute Gasteiger partial charge is 0.461 e. The van der Waals surface area contributed by atoms with Gasteiger partial charge in [-0.05, 0) is 30.7 Å². The molecule has 2 N–H and O–H groups in total. The van der Waals surface area contributed by atoms with Crippen LogP contribution in [0.1, 0.15) is 24.4 Å². The van der Waals surface area contributed by atoms with Crippen LogP contribution < -0.4 is 5.32 Å². The fourth-order valence-electron chi connectivity index (χ4n) is 3.20. The number of hydrogen-bond acceptors (Lipinski definition) is 3. The maximum absolute atomic E-state index is 12.1. The molecular formula is C23H23N3O2. The van der Waals surface area contributed by atoms with Crippen molar-refractivity contribution in [1.29, 1.82) is 0 Å². The van der Waals surface area contributed by atoms with Gasteiger partial charge >= 0.3 is 0 Å². The molecule has 0 unspecified atom stereocenters. The molecule has 0 aliphatic rings. The Kier molecular flexibility index (Phi) is 5.52. The van der Waals surface area contributed by atoms with Crippen LogP contribution in [0, 0.1) is 0 Å². The van der Waals surface area contributed by atoms with E-state index >= 15 is 0 Å². The van der Waals surface area contributed by atoms with Crippen molar-refractivity contribution in [3.8, 4) is 11.3 Å². The zero-order valence-electron chi connectivity index (χ0n) is 15.7. The van der Waals surface area contributed by atoms with Crippen LogP contribution in [0.15, 0.2) is 71.1 Å². The molecule has 0 saturated carbocycles. The fraction of sp³-hybridized carbons (Fsp3) is 0.217. The van der Waals surface area contributed by atoms with Crippen molar-refractivity contribution >= 4 is 16.9 Å². The van der Waals surface area contributed by atoms with Crippen LogP contribution in [-0.2, 0) is 17.6 Å². The number of H-pyrrole nitrogens is 1. The third-order valence-corrected chi connectivity index (χ3v) is 4.67. The Balaban J connectivity index is 1.18. The number of rotatable bonds is 8. The minimum absolute atomic E-state index is 0.0438. The summed E-state index contributed by atoms with van der Waals surface area (Å²) in [5.41, 5.74) is 3.08. The van der Waals surface area contributed by atoms with E-state index in [0.717, 1.165) is 46.8 Å². The number of imidazole rings is 1. The van der Waals surface area contributed by atoms with Gasteiger partial charge in [-0.2, -0.15) is 0 Å². The zero-order valence-corrected chi connectivity index (χ0v) is 15.7. The van der Waals surface area contributed by atoms with Crippen molar-refractivity contribution in [2.75, 3.05) is 6.54 Å². The van der Waals surface area contributed by atoms with Gasteiger partial charge in [-0.3, -0.25) is 4.79 Å². The highest BCUT2D eigenvalue weighted by atomic mass is 16.3. The predicted octanol–water partition coefficient (Wildman–Crippen LogP) is 4.50. The zero-order chi connectivity index (χ0) is 19.2. The Labute approximate surface area is 163 Å². The highest BCUT2D eigenvalue weighted by molar-refractivity contribution is 5.76. The minimum atomic E-state index is 0.0438. The molecule has 0 bridgehead atoms. The van der Waals surface area contributed by atoms with Gasteiger partial charge in [0.2, 0.25) is 5.91 Å². The van der Waals surface area contributed by atoms with Crippen molar-refractivity contribution < 1.29 is 9.21 Å². The van der Waals surface area contributed by atoms with E-state index in [9.17, 15) is 4.79 Å².